The number of carbonyl (C=O) groups is 1. The van der Waals surface area contributed by atoms with E-state index in [-0.39, 0.29) is 18.2 Å². The van der Waals surface area contributed by atoms with Gasteiger partial charge >= 0.3 is 0 Å². The highest BCUT2D eigenvalue weighted by molar-refractivity contribution is 6.45. The largest absolute Gasteiger partial charge is 0.357 e. The molecule has 2 N–H and O–H groups in total. The summed E-state index contributed by atoms with van der Waals surface area (Å²) in [5.41, 5.74) is 3.45. The molecule has 2 aromatic rings. The van der Waals surface area contributed by atoms with Gasteiger partial charge in [0.2, 0.25) is 5.91 Å². The Morgan fingerprint density at radius 1 is 1.48 bits per heavy atom. The van der Waals surface area contributed by atoms with Crippen LogP contribution < -0.4 is 5.32 Å². The van der Waals surface area contributed by atoms with Crippen molar-refractivity contribution in [2.45, 2.75) is 25.7 Å². The maximum absolute atomic E-state index is 12.1. The molecule has 4 nitrogen and oxygen atoms in total. The van der Waals surface area contributed by atoms with E-state index in [4.69, 9.17) is 28.5 Å². The lowest BCUT2D eigenvalue weighted by Crippen LogP contribution is -2.26. The highest BCUT2D eigenvalue weighted by Gasteiger charge is 2.28. The predicted molar refractivity (Wildman–Crippen MR) is 82.8 cm³/mol. The molecular formula is C15H13Cl2N3O. The number of hydrogen-bond donors (Lipinski definition) is 2. The van der Waals surface area contributed by atoms with Crippen molar-refractivity contribution in [3.8, 4) is 6.07 Å². The smallest absolute Gasteiger partial charge is 0.227 e. The topological polar surface area (TPSA) is 68.7 Å². The van der Waals surface area contributed by atoms with Crippen molar-refractivity contribution >= 4 is 40.0 Å². The second-order valence-corrected chi connectivity index (χ2v) is 5.98. The molecule has 0 saturated carbocycles. The molecule has 21 heavy (non-hydrogen) atoms. The number of halogens is 2. The molecule has 1 aromatic carbocycles. The van der Waals surface area contributed by atoms with E-state index in [1.165, 1.54) is 0 Å². The number of nitrogens with one attached hydrogen (secondary N) is 2. The Balaban J connectivity index is 2.39. The Kier molecular flexibility index (Phi) is 3.56. The van der Waals surface area contributed by atoms with Gasteiger partial charge in [-0.15, -0.1) is 0 Å². The van der Waals surface area contributed by atoms with Crippen LogP contribution in [0.5, 0.6) is 0 Å². The maximum Gasteiger partial charge on any atom is 0.227 e. The Hall–Kier alpha value is -1.70. The number of amides is 1. The predicted octanol–water partition coefficient (Wildman–Crippen LogP) is 3.32. The average molecular weight is 322 g/mol. The molecule has 0 saturated heterocycles. The van der Waals surface area contributed by atoms with Crippen molar-refractivity contribution in [1.82, 2.24) is 10.3 Å². The summed E-state index contributed by atoms with van der Waals surface area (Å²) < 4.78 is 0. The fraction of sp³-hybridized carbons (Fsp3) is 0.333. The summed E-state index contributed by atoms with van der Waals surface area (Å²) >= 11 is 12.4. The standard InChI is InChI=1S/C15H13Cl2N3O/c1-7-11-10(3-5-19-15(7)21)20-14-12(11)8(2-4-18)6-9(16)13(14)17/h6-7,20H,2-3,5H2,1H3,(H,19,21). The number of aromatic amines is 1. The number of hydrogen-bond acceptors (Lipinski definition) is 2. The summed E-state index contributed by atoms with van der Waals surface area (Å²) in [6.07, 6.45) is 0.937. The number of nitriles is 1. The van der Waals surface area contributed by atoms with Gasteiger partial charge in [-0.05, 0) is 24.1 Å². The van der Waals surface area contributed by atoms with E-state index >= 15 is 0 Å². The first kappa shape index (κ1) is 14.2. The van der Waals surface area contributed by atoms with Gasteiger partial charge in [-0.3, -0.25) is 4.79 Å². The minimum atomic E-state index is -0.286. The lowest BCUT2D eigenvalue weighted by Gasteiger charge is -2.11. The molecule has 1 aromatic heterocycles. The molecule has 2 heterocycles. The number of H-pyrrole nitrogens is 1. The van der Waals surface area contributed by atoms with Gasteiger partial charge in [0.1, 0.15) is 0 Å². The van der Waals surface area contributed by atoms with Gasteiger partial charge in [0.25, 0.3) is 0 Å². The Morgan fingerprint density at radius 2 is 2.24 bits per heavy atom. The minimum Gasteiger partial charge on any atom is -0.357 e. The summed E-state index contributed by atoms with van der Waals surface area (Å²) in [5, 5.41) is 13.6. The van der Waals surface area contributed by atoms with Crippen LogP contribution in [0.4, 0.5) is 0 Å². The maximum atomic E-state index is 12.1. The first-order valence-corrected chi connectivity index (χ1v) is 7.46. The molecule has 1 aliphatic heterocycles. The minimum absolute atomic E-state index is 0.0105. The number of carbonyl (C=O) groups excluding carboxylic acids is 1. The van der Waals surface area contributed by atoms with Crippen LogP contribution in [-0.2, 0) is 17.6 Å². The van der Waals surface area contributed by atoms with E-state index in [9.17, 15) is 4.79 Å². The molecule has 0 spiro atoms. The number of benzene rings is 1. The number of nitrogens with zero attached hydrogens (tertiary/aromatic N) is 1. The SMILES string of the molecule is CC1C(=O)NCCc2[nH]c3c(Cl)c(Cl)cc(CC#N)c3c21. The normalized spacial score (nSPS) is 18.0. The molecule has 1 amide bonds. The van der Waals surface area contributed by atoms with Crippen molar-refractivity contribution in [1.29, 1.82) is 5.26 Å². The third-order valence-electron chi connectivity index (χ3n) is 3.94. The van der Waals surface area contributed by atoms with Crippen LogP contribution in [0.25, 0.3) is 10.9 Å². The first-order valence-electron chi connectivity index (χ1n) is 6.70. The molecule has 0 bridgehead atoms. The summed E-state index contributed by atoms with van der Waals surface area (Å²) in [6.45, 7) is 2.45. The van der Waals surface area contributed by atoms with E-state index in [0.29, 0.717) is 23.0 Å². The first-order chi connectivity index (χ1) is 10.0. The van der Waals surface area contributed by atoms with Crippen LogP contribution in [0.3, 0.4) is 0 Å². The van der Waals surface area contributed by atoms with Crippen molar-refractivity contribution in [2.75, 3.05) is 6.54 Å². The van der Waals surface area contributed by atoms with E-state index in [2.05, 4.69) is 16.4 Å². The fourth-order valence-electron chi connectivity index (χ4n) is 2.97. The third kappa shape index (κ3) is 2.17. The molecule has 1 aliphatic rings. The molecule has 3 rings (SSSR count). The van der Waals surface area contributed by atoms with E-state index < -0.39 is 0 Å². The molecule has 0 fully saturated rings. The summed E-state index contributed by atoms with van der Waals surface area (Å²) in [4.78, 5) is 15.4. The van der Waals surface area contributed by atoms with Gasteiger partial charge < -0.3 is 10.3 Å². The van der Waals surface area contributed by atoms with Crippen molar-refractivity contribution < 1.29 is 4.79 Å². The molecule has 1 atom stereocenters. The van der Waals surface area contributed by atoms with Crippen LogP contribution in [-0.4, -0.2) is 17.4 Å². The quantitative estimate of drug-likeness (QED) is 0.846. The second-order valence-electron chi connectivity index (χ2n) is 5.20. The lowest BCUT2D eigenvalue weighted by atomic mass is 9.93. The Morgan fingerprint density at radius 3 is 2.95 bits per heavy atom. The lowest BCUT2D eigenvalue weighted by molar-refractivity contribution is -0.121. The molecule has 0 radical (unpaired) electrons. The second kappa shape index (κ2) is 5.25. The zero-order valence-electron chi connectivity index (χ0n) is 11.4. The van der Waals surface area contributed by atoms with Gasteiger partial charge in [0.15, 0.2) is 0 Å². The summed E-state index contributed by atoms with van der Waals surface area (Å²) in [7, 11) is 0. The Labute approximate surface area is 132 Å². The van der Waals surface area contributed by atoms with Gasteiger partial charge in [-0.25, -0.2) is 0 Å². The van der Waals surface area contributed by atoms with Crippen molar-refractivity contribution in [3.63, 3.8) is 0 Å². The zero-order valence-corrected chi connectivity index (χ0v) is 12.9. The van der Waals surface area contributed by atoms with E-state index in [1.54, 1.807) is 6.07 Å². The summed E-state index contributed by atoms with van der Waals surface area (Å²) in [5.74, 6) is -0.297. The van der Waals surface area contributed by atoms with Crippen LogP contribution in [0.15, 0.2) is 6.07 Å². The highest BCUT2D eigenvalue weighted by atomic mass is 35.5. The van der Waals surface area contributed by atoms with Gasteiger partial charge in [-0.1, -0.05) is 23.2 Å². The molecular weight excluding hydrogens is 309 g/mol. The molecule has 108 valence electrons. The molecule has 6 heteroatoms. The molecule has 1 unspecified atom stereocenters. The number of aromatic nitrogens is 1. The van der Waals surface area contributed by atoms with E-state index in [0.717, 1.165) is 27.7 Å². The average Bonchev–Trinajstić information content (AvgIpc) is 2.77. The van der Waals surface area contributed by atoms with Crippen LogP contribution >= 0.6 is 23.2 Å². The van der Waals surface area contributed by atoms with Crippen molar-refractivity contribution in [3.05, 3.63) is 32.9 Å². The molecule has 0 aliphatic carbocycles. The van der Waals surface area contributed by atoms with Crippen LogP contribution in [0.1, 0.15) is 29.7 Å². The van der Waals surface area contributed by atoms with Gasteiger partial charge in [0, 0.05) is 24.0 Å². The third-order valence-corrected chi connectivity index (χ3v) is 4.73. The van der Waals surface area contributed by atoms with Gasteiger partial charge in [0.05, 0.1) is 34.0 Å². The Bertz CT molecular complexity index is 789. The van der Waals surface area contributed by atoms with Crippen molar-refractivity contribution in [2.24, 2.45) is 0 Å². The van der Waals surface area contributed by atoms with E-state index in [1.807, 2.05) is 6.92 Å². The number of fused-ring (bicyclic) bond motifs is 3. The highest BCUT2D eigenvalue weighted by Crippen LogP contribution is 2.40. The van der Waals surface area contributed by atoms with Crippen LogP contribution in [0, 0.1) is 11.3 Å². The van der Waals surface area contributed by atoms with Crippen LogP contribution in [0.2, 0.25) is 10.0 Å². The fourth-order valence-corrected chi connectivity index (χ4v) is 3.39. The number of rotatable bonds is 1. The summed E-state index contributed by atoms with van der Waals surface area (Å²) in [6, 6.07) is 3.87. The monoisotopic (exact) mass is 321 g/mol. The van der Waals surface area contributed by atoms with Gasteiger partial charge in [-0.2, -0.15) is 5.26 Å². The zero-order chi connectivity index (χ0) is 15.1.